The van der Waals surface area contributed by atoms with Gasteiger partial charge in [-0.15, -0.1) is 0 Å². The zero-order chi connectivity index (χ0) is 8.23. The third-order valence-electron chi connectivity index (χ3n) is 2.02. The van der Waals surface area contributed by atoms with Crippen molar-refractivity contribution < 1.29 is 4.74 Å². The second kappa shape index (κ2) is 3.58. The molecule has 1 unspecified atom stereocenters. The monoisotopic (exact) mass is 167 g/mol. The van der Waals surface area contributed by atoms with Gasteiger partial charge in [-0.25, -0.2) is 5.10 Å². The van der Waals surface area contributed by atoms with Crippen LogP contribution in [-0.4, -0.2) is 29.4 Å². The van der Waals surface area contributed by atoms with Gasteiger partial charge in [-0.2, -0.15) is 5.10 Å². The lowest BCUT2D eigenvalue weighted by molar-refractivity contribution is 0.160. The third-order valence-corrected chi connectivity index (χ3v) is 2.02. The minimum atomic E-state index is 0.305. The molecule has 1 aliphatic heterocycles. The Hall–Kier alpha value is -1.03. The summed E-state index contributed by atoms with van der Waals surface area (Å²) >= 11 is 0. The Kier molecular flexibility index (Phi) is 2.27. The first-order chi connectivity index (χ1) is 5.95. The number of aromatic amines is 1. The van der Waals surface area contributed by atoms with Gasteiger partial charge in [0.25, 0.3) is 0 Å². The van der Waals surface area contributed by atoms with E-state index in [-0.39, 0.29) is 0 Å². The number of hydrogen-bond acceptors (Lipinski definition) is 3. The highest BCUT2D eigenvalue weighted by atomic mass is 16.5. The van der Waals surface area contributed by atoms with E-state index in [9.17, 15) is 0 Å². The van der Waals surface area contributed by atoms with E-state index in [1.807, 2.05) is 6.07 Å². The summed E-state index contributed by atoms with van der Waals surface area (Å²) in [5.74, 6) is 0.767. The summed E-state index contributed by atoms with van der Waals surface area (Å²) in [5, 5.41) is 9.89. The van der Waals surface area contributed by atoms with E-state index in [4.69, 9.17) is 4.74 Å². The summed E-state index contributed by atoms with van der Waals surface area (Å²) in [6.45, 7) is 2.06. The number of nitrogens with one attached hydrogen (secondary N) is 2. The molecular formula is C8H13N3O. The second-order valence-corrected chi connectivity index (χ2v) is 3.01. The molecule has 1 aromatic rings. The van der Waals surface area contributed by atoms with E-state index in [0.717, 1.165) is 25.4 Å². The van der Waals surface area contributed by atoms with E-state index in [1.54, 1.807) is 6.20 Å². The molecule has 4 nitrogen and oxygen atoms in total. The van der Waals surface area contributed by atoms with Crippen LogP contribution in [0.5, 0.6) is 5.88 Å². The Morgan fingerprint density at radius 2 is 2.58 bits per heavy atom. The molecule has 1 fully saturated rings. The standard InChI is InChI=1S/C8H13N3O/c1-2-7(6-9-4-1)12-8-3-5-10-11-8/h3,5,7,9H,1-2,4,6H2,(H,10,11). The Labute approximate surface area is 71.3 Å². The Morgan fingerprint density at radius 3 is 3.25 bits per heavy atom. The summed E-state index contributed by atoms with van der Waals surface area (Å²) < 4.78 is 5.61. The van der Waals surface area contributed by atoms with Gasteiger partial charge >= 0.3 is 0 Å². The van der Waals surface area contributed by atoms with Gasteiger partial charge in [-0.05, 0) is 19.4 Å². The van der Waals surface area contributed by atoms with Crippen LogP contribution in [0, 0.1) is 0 Å². The molecule has 2 heterocycles. The van der Waals surface area contributed by atoms with Crippen LogP contribution in [0.4, 0.5) is 0 Å². The molecule has 0 bridgehead atoms. The van der Waals surface area contributed by atoms with E-state index in [1.165, 1.54) is 6.42 Å². The highest BCUT2D eigenvalue weighted by Crippen LogP contribution is 2.11. The van der Waals surface area contributed by atoms with Crippen molar-refractivity contribution in [3.8, 4) is 5.88 Å². The molecular weight excluding hydrogens is 154 g/mol. The minimum Gasteiger partial charge on any atom is -0.473 e. The summed E-state index contributed by atoms with van der Waals surface area (Å²) in [7, 11) is 0. The summed E-state index contributed by atoms with van der Waals surface area (Å²) in [6, 6.07) is 1.84. The summed E-state index contributed by atoms with van der Waals surface area (Å²) in [4.78, 5) is 0. The molecule has 2 N–H and O–H groups in total. The van der Waals surface area contributed by atoms with Crippen LogP contribution in [0.15, 0.2) is 12.3 Å². The van der Waals surface area contributed by atoms with Gasteiger partial charge < -0.3 is 10.1 Å². The van der Waals surface area contributed by atoms with E-state index >= 15 is 0 Å². The van der Waals surface area contributed by atoms with Crippen LogP contribution in [0.1, 0.15) is 12.8 Å². The number of nitrogens with zero attached hydrogens (tertiary/aromatic N) is 1. The van der Waals surface area contributed by atoms with Crippen molar-refractivity contribution in [1.29, 1.82) is 0 Å². The molecule has 1 aliphatic rings. The zero-order valence-corrected chi connectivity index (χ0v) is 6.92. The molecule has 66 valence electrons. The third kappa shape index (κ3) is 1.76. The van der Waals surface area contributed by atoms with Gasteiger partial charge in [0.2, 0.25) is 5.88 Å². The highest BCUT2D eigenvalue weighted by Gasteiger charge is 2.14. The van der Waals surface area contributed by atoms with Crippen molar-refractivity contribution >= 4 is 0 Å². The molecule has 0 spiro atoms. The van der Waals surface area contributed by atoms with Crippen molar-refractivity contribution in [3.63, 3.8) is 0 Å². The topological polar surface area (TPSA) is 49.9 Å². The zero-order valence-electron chi connectivity index (χ0n) is 6.92. The van der Waals surface area contributed by atoms with Crippen LogP contribution < -0.4 is 10.1 Å². The van der Waals surface area contributed by atoms with Gasteiger partial charge in [0, 0.05) is 12.6 Å². The molecule has 12 heavy (non-hydrogen) atoms. The van der Waals surface area contributed by atoms with Crippen molar-refractivity contribution in [2.45, 2.75) is 18.9 Å². The van der Waals surface area contributed by atoms with Crippen LogP contribution in [0.3, 0.4) is 0 Å². The number of aromatic nitrogens is 2. The Balaban J connectivity index is 1.86. The van der Waals surface area contributed by atoms with Crippen LogP contribution in [0.2, 0.25) is 0 Å². The predicted octanol–water partition coefficient (Wildman–Crippen LogP) is 0.540. The van der Waals surface area contributed by atoms with E-state index < -0.39 is 0 Å². The first-order valence-corrected chi connectivity index (χ1v) is 4.32. The number of piperidine rings is 1. The quantitative estimate of drug-likeness (QED) is 0.676. The average Bonchev–Trinajstić information content (AvgIpc) is 2.59. The first kappa shape index (κ1) is 7.61. The molecule has 4 heteroatoms. The highest BCUT2D eigenvalue weighted by molar-refractivity contribution is 5.05. The van der Waals surface area contributed by atoms with E-state index in [2.05, 4.69) is 15.5 Å². The number of hydrogen-bond donors (Lipinski definition) is 2. The molecule has 1 atom stereocenters. The lowest BCUT2D eigenvalue weighted by Gasteiger charge is -2.22. The molecule has 0 saturated carbocycles. The van der Waals surface area contributed by atoms with E-state index in [0.29, 0.717) is 6.10 Å². The van der Waals surface area contributed by atoms with Crippen LogP contribution in [-0.2, 0) is 0 Å². The van der Waals surface area contributed by atoms with Crippen LogP contribution in [0.25, 0.3) is 0 Å². The normalized spacial score (nSPS) is 23.8. The Morgan fingerprint density at radius 1 is 1.58 bits per heavy atom. The lowest BCUT2D eigenvalue weighted by atomic mass is 10.1. The average molecular weight is 167 g/mol. The van der Waals surface area contributed by atoms with Crippen molar-refractivity contribution in [3.05, 3.63) is 12.3 Å². The van der Waals surface area contributed by atoms with Gasteiger partial charge in [0.1, 0.15) is 6.10 Å². The number of ether oxygens (including phenoxy) is 1. The minimum absolute atomic E-state index is 0.305. The largest absolute Gasteiger partial charge is 0.473 e. The van der Waals surface area contributed by atoms with Crippen molar-refractivity contribution in [2.24, 2.45) is 0 Å². The Bertz CT molecular complexity index is 216. The predicted molar refractivity (Wildman–Crippen MR) is 45.1 cm³/mol. The fourth-order valence-corrected chi connectivity index (χ4v) is 1.41. The van der Waals surface area contributed by atoms with Gasteiger partial charge in [-0.1, -0.05) is 0 Å². The molecule has 1 saturated heterocycles. The smallest absolute Gasteiger partial charge is 0.209 e. The molecule has 1 aromatic heterocycles. The maximum atomic E-state index is 5.61. The second-order valence-electron chi connectivity index (χ2n) is 3.01. The molecule has 0 aromatic carbocycles. The maximum Gasteiger partial charge on any atom is 0.209 e. The molecule has 0 aliphatic carbocycles. The molecule has 0 radical (unpaired) electrons. The number of rotatable bonds is 2. The summed E-state index contributed by atoms with van der Waals surface area (Å²) in [5.41, 5.74) is 0. The van der Waals surface area contributed by atoms with Crippen LogP contribution >= 0.6 is 0 Å². The lowest BCUT2D eigenvalue weighted by Crippen LogP contribution is -2.37. The maximum absolute atomic E-state index is 5.61. The SMILES string of the molecule is c1cc(OC2CCCNC2)[nH]n1. The van der Waals surface area contributed by atoms with Gasteiger partial charge in [0.15, 0.2) is 0 Å². The molecule has 2 rings (SSSR count). The fourth-order valence-electron chi connectivity index (χ4n) is 1.41. The van der Waals surface area contributed by atoms with Gasteiger partial charge in [-0.3, -0.25) is 0 Å². The summed E-state index contributed by atoms with van der Waals surface area (Å²) in [6.07, 6.45) is 4.33. The van der Waals surface area contributed by atoms with Crippen molar-refractivity contribution in [2.75, 3.05) is 13.1 Å². The van der Waals surface area contributed by atoms with Crippen molar-refractivity contribution in [1.82, 2.24) is 15.5 Å². The fraction of sp³-hybridized carbons (Fsp3) is 0.625. The number of H-pyrrole nitrogens is 1. The molecule has 0 amide bonds. The first-order valence-electron chi connectivity index (χ1n) is 4.32. The van der Waals surface area contributed by atoms with Gasteiger partial charge in [0.05, 0.1) is 6.20 Å².